The van der Waals surface area contributed by atoms with Gasteiger partial charge in [-0.15, -0.1) is 11.3 Å². The lowest BCUT2D eigenvalue weighted by Crippen LogP contribution is -2.39. The van der Waals surface area contributed by atoms with E-state index < -0.39 is 0 Å². The van der Waals surface area contributed by atoms with Gasteiger partial charge in [-0.2, -0.15) is 0 Å². The molecule has 0 fully saturated rings. The van der Waals surface area contributed by atoms with Crippen molar-refractivity contribution in [1.29, 1.82) is 0 Å². The van der Waals surface area contributed by atoms with Crippen LogP contribution in [0.1, 0.15) is 49.1 Å². The van der Waals surface area contributed by atoms with Gasteiger partial charge in [0.15, 0.2) is 5.96 Å². The predicted octanol–water partition coefficient (Wildman–Crippen LogP) is 4.28. The normalized spacial score (nSPS) is 12.7. The van der Waals surface area contributed by atoms with Crippen molar-refractivity contribution < 1.29 is 9.47 Å². The van der Waals surface area contributed by atoms with Crippen molar-refractivity contribution in [2.24, 2.45) is 4.99 Å². The third kappa shape index (κ3) is 7.66. The van der Waals surface area contributed by atoms with Gasteiger partial charge >= 0.3 is 0 Å². The maximum atomic E-state index is 5.72. The van der Waals surface area contributed by atoms with Crippen molar-refractivity contribution in [2.75, 3.05) is 34.4 Å². The van der Waals surface area contributed by atoms with Gasteiger partial charge in [0, 0.05) is 33.1 Å². The van der Waals surface area contributed by atoms with Crippen molar-refractivity contribution in [3.8, 4) is 5.75 Å². The summed E-state index contributed by atoms with van der Waals surface area (Å²) in [5.41, 5.74) is 2.30. The molecule has 0 saturated heterocycles. The van der Waals surface area contributed by atoms with Crippen LogP contribution in [0.25, 0.3) is 0 Å². The summed E-state index contributed by atoms with van der Waals surface area (Å²) in [6.45, 7) is 6.48. The summed E-state index contributed by atoms with van der Waals surface area (Å²) in [6, 6.07) is 8.35. The number of ether oxygens (including phenoxy) is 2. The van der Waals surface area contributed by atoms with Gasteiger partial charge in [-0.1, -0.05) is 25.5 Å². The van der Waals surface area contributed by atoms with Crippen LogP contribution in [0.3, 0.4) is 0 Å². The number of unbranched alkanes of at least 4 members (excludes halogenated alkanes) is 1. The van der Waals surface area contributed by atoms with Crippen LogP contribution in [0.5, 0.6) is 5.75 Å². The van der Waals surface area contributed by atoms with Crippen LogP contribution in [-0.2, 0) is 17.7 Å². The first-order valence-electron chi connectivity index (χ1n) is 10.2. The Morgan fingerprint density at radius 3 is 2.72 bits per heavy atom. The van der Waals surface area contributed by atoms with E-state index in [0.29, 0.717) is 6.54 Å². The van der Waals surface area contributed by atoms with Crippen molar-refractivity contribution >= 4 is 17.3 Å². The van der Waals surface area contributed by atoms with Gasteiger partial charge in [0.05, 0.1) is 18.8 Å². The topological polar surface area (TPSA) is 59.0 Å². The molecule has 1 aromatic heterocycles. The van der Waals surface area contributed by atoms with Crippen LogP contribution < -0.4 is 10.1 Å². The van der Waals surface area contributed by atoms with E-state index in [2.05, 4.69) is 44.6 Å². The lowest BCUT2D eigenvalue weighted by atomic mass is 10.1. The molecule has 0 amide bonds. The molecule has 0 saturated carbocycles. The fourth-order valence-corrected chi connectivity index (χ4v) is 3.63. The number of nitrogens with one attached hydrogen (secondary N) is 1. The van der Waals surface area contributed by atoms with Crippen LogP contribution in [-0.4, -0.2) is 50.2 Å². The summed E-state index contributed by atoms with van der Waals surface area (Å²) in [5, 5.41) is 6.51. The van der Waals surface area contributed by atoms with Gasteiger partial charge < -0.3 is 19.7 Å². The van der Waals surface area contributed by atoms with E-state index in [1.54, 1.807) is 25.5 Å². The van der Waals surface area contributed by atoms with Gasteiger partial charge in [0.2, 0.25) is 0 Å². The summed E-state index contributed by atoms with van der Waals surface area (Å²) in [5.74, 6) is 1.80. The molecular formula is C22H34N4O2S. The molecule has 6 nitrogen and oxygen atoms in total. The monoisotopic (exact) mass is 418 g/mol. The Morgan fingerprint density at radius 2 is 2.07 bits per heavy atom. The fourth-order valence-electron chi connectivity index (χ4n) is 2.79. The van der Waals surface area contributed by atoms with Gasteiger partial charge in [0.25, 0.3) is 0 Å². The first kappa shape index (κ1) is 23.2. The lowest BCUT2D eigenvalue weighted by Gasteiger charge is -2.21. The molecule has 1 atom stereocenters. The van der Waals surface area contributed by atoms with Gasteiger partial charge in [-0.05, 0) is 37.5 Å². The molecule has 160 valence electrons. The van der Waals surface area contributed by atoms with Crippen LogP contribution in [0.4, 0.5) is 0 Å². The molecule has 0 bridgehead atoms. The van der Waals surface area contributed by atoms with Crippen molar-refractivity contribution in [1.82, 2.24) is 15.2 Å². The number of thiazole rings is 1. The van der Waals surface area contributed by atoms with Crippen LogP contribution in [0.2, 0.25) is 0 Å². The second-order valence-electron chi connectivity index (χ2n) is 6.98. The molecule has 7 heteroatoms. The third-order valence-corrected chi connectivity index (χ3v) is 5.68. The molecular weight excluding hydrogens is 384 g/mol. The molecule has 1 heterocycles. The van der Waals surface area contributed by atoms with Crippen LogP contribution in [0.15, 0.2) is 34.6 Å². The van der Waals surface area contributed by atoms with Crippen LogP contribution >= 0.6 is 11.3 Å². The van der Waals surface area contributed by atoms with E-state index in [1.807, 2.05) is 26.1 Å². The first-order chi connectivity index (χ1) is 14.1. The Balaban J connectivity index is 1.78. The summed E-state index contributed by atoms with van der Waals surface area (Å²) < 4.78 is 11.1. The standard InChI is InChI=1S/C22H34N4O2S/c1-6-7-14-28-20-10-8-18(9-11-20)12-13-24-22(23-3)26(4)15-19-16-29-21(25-19)17(2)27-5/h8-11,16-17H,6-7,12-15H2,1-5H3,(H,23,24). The predicted molar refractivity (Wildman–Crippen MR) is 121 cm³/mol. The number of aliphatic imine (C=N–C) groups is 1. The van der Waals surface area contributed by atoms with Gasteiger partial charge in [-0.25, -0.2) is 4.98 Å². The molecule has 1 aromatic carbocycles. The Kier molecular flexibility index (Phi) is 9.94. The van der Waals surface area contributed by atoms with E-state index in [1.165, 1.54) is 5.56 Å². The number of rotatable bonds is 11. The van der Waals surface area contributed by atoms with Gasteiger partial charge in [-0.3, -0.25) is 4.99 Å². The molecule has 2 rings (SSSR count). The number of benzene rings is 1. The largest absolute Gasteiger partial charge is 0.494 e. The highest BCUT2D eigenvalue weighted by Crippen LogP contribution is 2.21. The van der Waals surface area contributed by atoms with Crippen molar-refractivity contribution in [3.05, 3.63) is 45.9 Å². The van der Waals surface area contributed by atoms with E-state index in [4.69, 9.17) is 9.47 Å². The molecule has 29 heavy (non-hydrogen) atoms. The quantitative estimate of drug-likeness (QED) is 0.335. The molecule has 1 unspecified atom stereocenters. The molecule has 0 spiro atoms. The Bertz CT molecular complexity index is 746. The lowest BCUT2D eigenvalue weighted by molar-refractivity contribution is 0.119. The average molecular weight is 419 g/mol. The minimum absolute atomic E-state index is 0.0277. The number of hydrogen-bond donors (Lipinski definition) is 1. The fraction of sp³-hybridized carbons (Fsp3) is 0.545. The van der Waals surface area contributed by atoms with E-state index in [9.17, 15) is 0 Å². The minimum Gasteiger partial charge on any atom is -0.494 e. The first-order valence-corrected chi connectivity index (χ1v) is 11.1. The molecule has 0 aliphatic heterocycles. The molecule has 2 aromatic rings. The summed E-state index contributed by atoms with van der Waals surface area (Å²) >= 11 is 1.63. The molecule has 0 aliphatic carbocycles. The second-order valence-corrected chi connectivity index (χ2v) is 7.87. The van der Waals surface area contributed by atoms with Crippen molar-refractivity contribution in [3.63, 3.8) is 0 Å². The SMILES string of the molecule is CCCCOc1ccc(CCNC(=NC)N(C)Cc2csc(C(C)OC)n2)cc1. The molecule has 1 N–H and O–H groups in total. The van der Waals surface area contributed by atoms with Gasteiger partial charge in [0.1, 0.15) is 16.9 Å². The van der Waals surface area contributed by atoms with Crippen molar-refractivity contribution in [2.45, 2.75) is 45.8 Å². The number of guanidine groups is 1. The maximum Gasteiger partial charge on any atom is 0.193 e. The zero-order valence-corrected chi connectivity index (χ0v) is 19.1. The zero-order chi connectivity index (χ0) is 21.1. The second kappa shape index (κ2) is 12.4. The minimum atomic E-state index is 0.0277. The molecule has 0 radical (unpaired) electrons. The Hall–Kier alpha value is -2.12. The number of hydrogen-bond acceptors (Lipinski definition) is 5. The highest BCUT2D eigenvalue weighted by Gasteiger charge is 2.12. The van der Waals surface area contributed by atoms with E-state index in [0.717, 1.165) is 54.8 Å². The Labute approximate surface area is 179 Å². The number of nitrogens with zero attached hydrogens (tertiary/aromatic N) is 3. The Morgan fingerprint density at radius 1 is 1.31 bits per heavy atom. The number of methoxy groups -OCH3 is 1. The summed E-state index contributed by atoms with van der Waals surface area (Å²) in [7, 11) is 5.54. The summed E-state index contributed by atoms with van der Waals surface area (Å²) in [6.07, 6.45) is 3.19. The average Bonchev–Trinajstić information content (AvgIpc) is 3.20. The highest BCUT2D eigenvalue weighted by molar-refractivity contribution is 7.09. The van der Waals surface area contributed by atoms with E-state index >= 15 is 0 Å². The molecule has 0 aliphatic rings. The highest BCUT2D eigenvalue weighted by atomic mass is 32.1. The smallest absolute Gasteiger partial charge is 0.193 e. The summed E-state index contributed by atoms with van der Waals surface area (Å²) in [4.78, 5) is 11.1. The maximum absolute atomic E-state index is 5.72. The number of aromatic nitrogens is 1. The third-order valence-electron chi connectivity index (χ3n) is 4.63. The van der Waals surface area contributed by atoms with Crippen LogP contribution in [0, 0.1) is 0 Å². The van der Waals surface area contributed by atoms with E-state index in [-0.39, 0.29) is 6.10 Å². The zero-order valence-electron chi connectivity index (χ0n) is 18.3.